The van der Waals surface area contributed by atoms with E-state index in [9.17, 15) is 28.0 Å². The van der Waals surface area contributed by atoms with Crippen molar-refractivity contribution in [2.24, 2.45) is 4.99 Å². The van der Waals surface area contributed by atoms with Crippen molar-refractivity contribution >= 4 is 38.7 Å². The first-order valence-corrected chi connectivity index (χ1v) is 22.8. The summed E-state index contributed by atoms with van der Waals surface area (Å²) in [6.45, 7) is 11.2. The third-order valence-electron chi connectivity index (χ3n) is 12.4. The lowest BCUT2D eigenvalue weighted by molar-refractivity contribution is -0.261. The maximum Gasteiger partial charge on any atom is 0.355 e. The summed E-state index contributed by atoms with van der Waals surface area (Å²) in [5.74, 6) is -1.83. The number of sulfonamides is 1. The molecule has 330 valence electrons. The van der Waals surface area contributed by atoms with Crippen LogP contribution in [0, 0.1) is 6.92 Å². The second-order valence-electron chi connectivity index (χ2n) is 18.0. The Hall–Kier alpha value is -5.74. The predicted octanol–water partition coefficient (Wildman–Crippen LogP) is 6.74. The van der Waals surface area contributed by atoms with Gasteiger partial charge in [0.2, 0.25) is 5.60 Å². The highest BCUT2D eigenvalue weighted by Crippen LogP contribution is 2.42. The minimum Gasteiger partial charge on any atom is -0.457 e. The molecule has 0 aliphatic carbocycles. The van der Waals surface area contributed by atoms with Crippen molar-refractivity contribution in [3.05, 3.63) is 129 Å². The van der Waals surface area contributed by atoms with E-state index in [1.807, 2.05) is 95.3 Å². The molecule has 5 aromatic rings. The number of hydroxylamine groups is 2. The van der Waals surface area contributed by atoms with Crippen LogP contribution in [-0.2, 0) is 59.0 Å². The minimum atomic E-state index is -4.21. The number of fused-ring (bicyclic) bond motifs is 5. The molecule has 1 saturated heterocycles. The number of benzene rings is 3. The van der Waals surface area contributed by atoms with Crippen LogP contribution >= 0.6 is 0 Å². The Balaban J connectivity index is 1.16. The molecule has 3 aliphatic heterocycles. The van der Waals surface area contributed by atoms with E-state index in [0.717, 1.165) is 22.0 Å². The van der Waals surface area contributed by atoms with Gasteiger partial charge in [-0.1, -0.05) is 73.2 Å². The monoisotopic (exact) mass is 875 g/mol. The number of hydrogen-bond donors (Lipinski definition) is 2. The topological polar surface area (TPSA) is 179 Å². The lowest BCUT2D eigenvalue weighted by Crippen LogP contribution is -2.60. The number of nitrogens with zero attached hydrogens (tertiary/aromatic N) is 4. The smallest absolute Gasteiger partial charge is 0.355 e. The van der Waals surface area contributed by atoms with Crippen LogP contribution in [-0.4, -0.2) is 75.8 Å². The van der Waals surface area contributed by atoms with Gasteiger partial charge in [0, 0.05) is 40.4 Å². The molecule has 5 heterocycles. The highest BCUT2D eigenvalue weighted by molar-refractivity contribution is 7.90. The van der Waals surface area contributed by atoms with E-state index in [1.54, 1.807) is 29.7 Å². The predicted molar refractivity (Wildman–Crippen MR) is 237 cm³/mol. The van der Waals surface area contributed by atoms with Crippen molar-refractivity contribution < 1.29 is 37.4 Å². The average molecular weight is 876 g/mol. The van der Waals surface area contributed by atoms with Crippen molar-refractivity contribution in [3.63, 3.8) is 0 Å². The van der Waals surface area contributed by atoms with Crippen LogP contribution in [0.25, 0.3) is 22.3 Å². The van der Waals surface area contributed by atoms with E-state index >= 15 is 0 Å². The number of piperidine rings is 1. The molecule has 8 rings (SSSR count). The van der Waals surface area contributed by atoms with E-state index in [4.69, 9.17) is 24.2 Å². The number of nitrogens with one attached hydrogen (secondary N) is 1. The molecular weight excluding hydrogens is 823 g/mol. The van der Waals surface area contributed by atoms with Crippen molar-refractivity contribution in [1.82, 2.24) is 19.3 Å². The van der Waals surface area contributed by atoms with E-state index in [-0.39, 0.29) is 72.5 Å². The summed E-state index contributed by atoms with van der Waals surface area (Å²) in [6.07, 6.45) is 0.613. The van der Waals surface area contributed by atoms with Gasteiger partial charge in [0.25, 0.3) is 15.6 Å². The number of rotatable bonds is 12. The van der Waals surface area contributed by atoms with Gasteiger partial charge in [-0.05, 0) is 89.8 Å². The fourth-order valence-corrected chi connectivity index (χ4v) is 10.3. The number of cyclic esters (lactones) is 1. The standard InChI is InChI=1S/C48H53N5O9S/c1-7-48(37-25-40-42-33(24-32-15-11-12-16-38(32)50-42)28-52(40)43(54)36(37)29-61-45(48)56)62-44(55)39(23-31-13-9-8-10-14-31)49-41(51-63(58,59)35-19-17-30(2)18-20-35)21-22-60-34-26-46(3,4)53(57)47(5,6)27-34/h8-20,24-25,34,39,57H,7,21-23,26-29H2,1-6H3,(H,49,51)/t39-,48+/m1/s1. The number of aliphatic imine (C=N–C) groups is 1. The first kappa shape index (κ1) is 43.9. The summed E-state index contributed by atoms with van der Waals surface area (Å²) < 4.78 is 50.4. The summed E-state index contributed by atoms with van der Waals surface area (Å²) in [4.78, 5) is 52.8. The van der Waals surface area contributed by atoms with Gasteiger partial charge >= 0.3 is 11.9 Å². The van der Waals surface area contributed by atoms with E-state index in [1.165, 1.54) is 17.2 Å². The Morgan fingerprint density at radius 1 is 0.984 bits per heavy atom. The third kappa shape index (κ3) is 8.54. The minimum absolute atomic E-state index is 0.00269. The molecule has 0 unspecified atom stereocenters. The first-order chi connectivity index (χ1) is 29.9. The van der Waals surface area contributed by atoms with Crippen molar-refractivity contribution in [1.29, 1.82) is 0 Å². The number of aromatic nitrogens is 2. The second kappa shape index (κ2) is 16.8. The van der Waals surface area contributed by atoms with Gasteiger partial charge in [0.05, 0.1) is 46.6 Å². The van der Waals surface area contributed by atoms with Gasteiger partial charge in [-0.3, -0.25) is 14.5 Å². The van der Waals surface area contributed by atoms with Crippen LogP contribution in [0.4, 0.5) is 0 Å². The lowest BCUT2D eigenvalue weighted by Gasteiger charge is -2.51. The summed E-state index contributed by atoms with van der Waals surface area (Å²) in [7, 11) is -4.21. The van der Waals surface area contributed by atoms with Gasteiger partial charge in [-0.2, -0.15) is 5.06 Å². The third-order valence-corrected chi connectivity index (χ3v) is 13.8. The fourth-order valence-electron chi connectivity index (χ4n) is 9.22. The number of amidine groups is 1. The Labute approximate surface area is 366 Å². The average Bonchev–Trinajstić information content (AvgIpc) is 3.60. The van der Waals surface area contributed by atoms with Crippen LogP contribution in [0.5, 0.6) is 0 Å². The molecule has 0 radical (unpaired) electrons. The highest BCUT2D eigenvalue weighted by Gasteiger charge is 2.51. The number of pyridine rings is 2. The van der Waals surface area contributed by atoms with Gasteiger partial charge in [-0.15, -0.1) is 0 Å². The Bertz CT molecular complexity index is 2770. The number of ether oxygens (including phenoxy) is 3. The van der Waals surface area contributed by atoms with Gasteiger partial charge in [0.1, 0.15) is 12.4 Å². The van der Waals surface area contributed by atoms with Crippen molar-refractivity contribution in [2.45, 2.75) is 121 Å². The maximum absolute atomic E-state index is 14.8. The maximum atomic E-state index is 14.8. The molecule has 15 heteroatoms. The fraction of sp³-hybridized carbons (Fsp3) is 0.396. The molecular formula is C48H53N5O9S. The number of aryl methyl sites for hydroxylation is 1. The molecule has 0 bridgehead atoms. The Morgan fingerprint density at radius 3 is 2.37 bits per heavy atom. The molecule has 0 amide bonds. The van der Waals surface area contributed by atoms with Crippen LogP contribution in [0.15, 0.2) is 106 Å². The number of hydrogen-bond acceptors (Lipinski definition) is 12. The molecule has 0 saturated carbocycles. The molecule has 0 spiro atoms. The molecule has 14 nitrogen and oxygen atoms in total. The molecule has 63 heavy (non-hydrogen) atoms. The van der Waals surface area contributed by atoms with E-state index < -0.39 is 44.7 Å². The van der Waals surface area contributed by atoms with Crippen LogP contribution < -0.4 is 10.3 Å². The van der Waals surface area contributed by atoms with E-state index in [0.29, 0.717) is 29.8 Å². The van der Waals surface area contributed by atoms with Gasteiger partial charge < -0.3 is 24.0 Å². The normalized spacial score (nSPS) is 20.0. The number of esters is 2. The first-order valence-electron chi connectivity index (χ1n) is 21.3. The Morgan fingerprint density at radius 2 is 1.67 bits per heavy atom. The SMILES string of the molecule is CC[C@@]1(OC(=O)[C@@H](Cc2ccccc2)N=C(CCOC2CC(C)(C)N(O)C(C)(C)C2)NS(=O)(=O)c2ccc(C)cc2)C(=O)OCc2c1cc1n(c2=O)Cc2cc3ccccc3nc2-1. The zero-order valence-electron chi connectivity index (χ0n) is 36.4. The number of carbonyl (C=O) groups excluding carboxylic acids is 2. The van der Waals surface area contributed by atoms with Gasteiger partial charge in [-0.25, -0.2) is 23.0 Å². The summed E-state index contributed by atoms with van der Waals surface area (Å²) >= 11 is 0. The number of carbonyl (C=O) groups is 2. The summed E-state index contributed by atoms with van der Waals surface area (Å²) in [5, 5.41) is 13.1. The second-order valence-corrected chi connectivity index (χ2v) is 19.6. The number of para-hydroxylation sites is 1. The van der Waals surface area contributed by atoms with Crippen molar-refractivity contribution in [3.8, 4) is 11.4 Å². The molecule has 3 aliphatic rings. The lowest BCUT2D eigenvalue weighted by atomic mass is 9.80. The molecule has 1 fully saturated rings. The molecule has 2 N–H and O–H groups in total. The summed E-state index contributed by atoms with van der Waals surface area (Å²) in [5.41, 5.74) is 1.05. The zero-order valence-corrected chi connectivity index (χ0v) is 37.2. The summed E-state index contributed by atoms with van der Waals surface area (Å²) in [6, 6.07) is 25.4. The van der Waals surface area contributed by atoms with Gasteiger partial charge in [0.15, 0.2) is 6.04 Å². The van der Waals surface area contributed by atoms with Crippen LogP contribution in [0.2, 0.25) is 0 Å². The highest BCUT2D eigenvalue weighted by atomic mass is 32.2. The molecule has 3 aromatic carbocycles. The quantitative estimate of drug-likeness (QED) is 0.0756. The molecule has 2 atom stereocenters. The largest absolute Gasteiger partial charge is 0.457 e. The van der Waals surface area contributed by atoms with Crippen LogP contribution in [0.3, 0.4) is 0 Å². The molecule has 2 aromatic heterocycles. The Kier molecular flexibility index (Phi) is 11.7. The van der Waals surface area contributed by atoms with Crippen LogP contribution in [0.1, 0.15) is 88.1 Å². The van der Waals surface area contributed by atoms with E-state index in [2.05, 4.69) is 4.72 Å². The van der Waals surface area contributed by atoms with Crippen molar-refractivity contribution in [2.75, 3.05) is 6.61 Å². The zero-order chi connectivity index (χ0) is 44.9.